The molecule has 1 aliphatic heterocycles. The molecule has 1 aliphatic carbocycles. The maximum Gasteiger partial charge on any atom is 0.251 e. The van der Waals surface area contributed by atoms with E-state index in [-0.39, 0.29) is 18.1 Å². The highest BCUT2D eigenvalue weighted by molar-refractivity contribution is 5.94. The van der Waals surface area contributed by atoms with Gasteiger partial charge in [-0.1, -0.05) is 12.8 Å². The Kier molecular flexibility index (Phi) is 6.32. The molecule has 0 spiro atoms. The zero-order chi connectivity index (χ0) is 17.6. The normalized spacial score (nSPS) is 25.5. The molecule has 0 bridgehead atoms. The standard InChI is InChI=1S/C20H30N2O3/c1-2-25-17-9-7-15(8-10-17)20(24)21-16-11-13-22(14-12-16)18-5-3-4-6-19(18)23/h7-10,16,18-19,23H,2-6,11-14H2,1H3,(H,21,24). The molecule has 2 fully saturated rings. The molecule has 0 aromatic heterocycles. The number of ether oxygens (including phenoxy) is 1. The molecule has 3 rings (SSSR count). The first kappa shape index (κ1) is 18.2. The summed E-state index contributed by atoms with van der Waals surface area (Å²) in [7, 11) is 0. The van der Waals surface area contributed by atoms with Crippen LogP contribution in [0.1, 0.15) is 55.8 Å². The van der Waals surface area contributed by atoms with Crippen LogP contribution in [0.4, 0.5) is 0 Å². The quantitative estimate of drug-likeness (QED) is 0.860. The number of likely N-dealkylation sites (tertiary alicyclic amines) is 1. The van der Waals surface area contributed by atoms with E-state index in [9.17, 15) is 9.90 Å². The Morgan fingerprint density at radius 3 is 2.48 bits per heavy atom. The fraction of sp³-hybridized carbons (Fsp3) is 0.650. The van der Waals surface area contributed by atoms with Gasteiger partial charge in [-0.3, -0.25) is 9.69 Å². The number of rotatable bonds is 5. The van der Waals surface area contributed by atoms with E-state index >= 15 is 0 Å². The lowest BCUT2D eigenvalue weighted by Crippen LogP contribution is -2.52. The molecule has 25 heavy (non-hydrogen) atoms. The summed E-state index contributed by atoms with van der Waals surface area (Å²) in [6.07, 6.45) is 6.12. The minimum Gasteiger partial charge on any atom is -0.494 e. The second-order valence-electron chi connectivity index (χ2n) is 7.16. The lowest BCUT2D eigenvalue weighted by molar-refractivity contribution is 0.00727. The predicted molar refractivity (Wildman–Crippen MR) is 97.9 cm³/mol. The van der Waals surface area contributed by atoms with Crippen molar-refractivity contribution in [3.05, 3.63) is 29.8 Å². The van der Waals surface area contributed by atoms with Crippen LogP contribution >= 0.6 is 0 Å². The average molecular weight is 346 g/mol. The Morgan fingerprint density at radius 2 is 1.84 bits per heavy atom. The van der Waals surface area contributed by atoms with E-state index in [2.05, 4.69) is 10.2 Å². The van der Waals surface area contributed by atoms with Crippen molar-refractivity contribution in [2.75, 3.05) is 19.7 Å². The summed E-state index contributed by atoms with van der Waals surface area (Å²) in [4.78, 5) is 14.8. The molecule has 1 saturated carbocycles. The van der Waals surface area contributed by atoms with Gasteiger partial charge < -0.3 is 15.2 Å². The lowest BCUT2D eigenvalue weighted by atomic mass is 9.89. The minimum atomic E-state index is -0.177. The molecule has 138 valence electrons. The summed E-state index contributed by atoms with van der Waals surface area (Å²) in [5, 5.41) is 13.4. The molecule has 2 aliphatic rings. The van der Waals surface area contributed by atoms with Gasteiger partial charge in [0.15, 0.2) is 0 Å². The number of aliphatic hydroxyl groups is 1. The van der Waals surface area contributed by atoms with Gasteiger partial charge in [-0.15, -0.1) is 0 Å². The van der Waals surface area contributed by atoms with Crippen molar-refractivity contribution in [2.24, 2.45) is 0 Å². The van der Waals surface area contributed by atoms with Gasteiger partial charge in [0.2, 0.25) is 0 Å². The number of carbonyl (C=O) groups is 1. The zero-order valence-electron chi connectivity index (χ0n) is 15.1. The molecule has 1 saturated heterocycles. The van der Waals surface area contributed by atoms with Crippen molar-refractivity contribution in [3.8, 4) is 5.75 Å². The Labute approximate surface area is 150 Å². The third kappa shape index (κ3) is 4.73. The van der Waals surface area contributed by atoms with Crippen molar-refractivity contribution < 1.29 is 14.6 Å². The van der Waals surface area contributed by atoms with Crippen LogP contribution in [-0.2, 0) is 0 Å². The van der Waals surface area contributed by atoms with Gasteiger partial charge in [0, 0.05) is 30.7 Å². The molecular weight excluding hydrogens is 316 g/mol. The third-order valence-corrected chi connectivity index (χ3v) is 5.46. The van der Waals surface area contributed by atoms with Gasteiger partial charge in [0.1, 0.15) is 5.75 Å². The molecule has 5 nitrogen and oxygen atoms in total. The number of piperidine rings is 1. The largest absolute Gasteiger partial charge is 0.494 e. The molecule has 1 aromatic rings. The first-order chi connectivity index (χ1) is 12.2. The van der Waals surface area contributed by atoms with E-state index in [1.54, 1.807) is 0 Å². The SMILES string of the molecule is CCOc1ccc(C(=O)NC2CCN(C3CCCCC3O)CC2)cc1. The van der Waals surface area contributed by atoms with Gasteiger partial charge in [0.05, 0.1) is 12.7 Å². The van der Waals surface area contributed by atoms with Crippen molar-refractivity contribution in [1.29, 1.82) is 0 Å². The van der Waals surface area contributed by atoms with Crippen LogP contribution in [-0.4, -0.2) is 53.8 Å². The smallest absolute Gasteiger partial charge is 0.251 e. The second-order valence-corrected chi connectivity index (χ2v) is 7.16. The number of benzene rings is 1. The first-order valence-electron chi connectivity index (χ1n) is 9.63. The van der Waals surface area contributed by atoms with Gasteiger partial charge in [-0.25, -0.2) is 0 Å². The van der Waals surface area contributed by atoms with E-state index in [4.69, 9.17) is 4.74 Å². The molecule has 5 heteroatoms. The summed E-state index contributed by atoms with van der Waals surface area (Å²) in [5.41, 5.74) is 0.675. The maximum atomic E-state index is 12.4. The van der Waals surface area contributed by atoms with Crippen LogP contribution in [0.15, 0.2) is 24.3 Å². The monoisotopic (exact) mass is 346 g/mol. The van der Waals surface area contributed by atoms with Crippen molar-refractivity contribution >= 4 is 5.91 Å². The molecule has 2 atom stereocenters. The van der Waals surface area contributed by atoms with E-state index in [0.29, 0.717) is 18.2 Å². The molecule has 2 N–H and O–H groups in total. The third-order valence-electron chi connectivity index (χ3n) is 5.46. The summed E-state index contributed by atoms with van der Waals surface area (Å²) in [6.45, 7) is 4.48. The number of aliphatic hydroxyl groups excluding tert-OH is 1. The average Bonchev–Trinajstić information content (AvgIpc) is 2.64. The van der Waals surface area contributed by atoms with Crippen LogP contribution < -0.4 is 10.1 Å². The highest BCUT2D eigenvalue weighted by Gasteiger charge is 2.31. The number of nitrogens with zero attached hydrogens (tertiary/aromatic N) is 1. The number of hydrogen-bond donors (Lipinski definition) is 2. The van der Waals surface area contributed by atoms with Crippen LogP contribution in [0.2, 0.25) is 0 Å². The number of carbonyl (C=O) groups excluding carboxylic acids is 1. The fourth-order valence-electron chi connectivity index (χ4n) is 4.03. The van der Waals surface area contributed by atoms with Crippen LogP contribution in [0.25, 0.3) is 0 Å². The van der Waals surface area contributed by atoms with E-state index in [1.807, 2.05) is 31.2 Å². The van der Waals surface area contributed by atoms with Gasteiger partial charge >= 0.3 is 0 Å². The van der Waals surface area contributed by atoms with E-state index in [1.165, 1.54) is 6.42 Å². The maximum absolute atomic E-state index is 12.4. The number of hydrogen-bond acceptors (Lipinski definition) is 4. The number of amides is 1. The van der Waals surface area contributed by atoms with Crippen molar-refractivity contribution in [1.82, 2.24) is 10.2 Å². The van der Waals surface area contributed by atoms with Gasteiger partial charge in [-0.2, -0.15) is 0 Å². The Balaban J connectivity index is 1.47. The molecule has 1 amide bonds. The molecule has 1 aromatic carbocycles. The Hall–Kier alpha value is -1.59. The zero-order valence-corrected chi connectivity index (χ0v) is 15.1. The van der Waals surface area contributed by atoms with Crippen molar-refractivity contribution in [3.63, 3.8) is 0 Å². The fourth-order valence-corrected chi connectivity index (χ4v) is 4.03. The van der Waals surface area contributed by atoms with Crippen LogP contribution in [0, 0.1) is 0 Å². The summed E-state index contributed by atoms with van der Waals surface area (Å²) < 4.78 is 5.41. The topological polar surface area (TPSA) is 61.8 Å². The molecular formula is C20H30N2O3. The lowest BCUT2D eigenvalue weighted by Gasteiger charge is -2.41. The summed E-state index contributed by atoms with van der Waals surface area (Å²) >= 11 is 0. The molecule has 0 radical (unpaired) electrons. The highest BCUT2D eigenvalue weighted by Crippen LogP contribution is 2.26. The van der Waals surface area contributed by atoms with Crippen LogP contribution in [0.3, 0.4) is 0 Å². The summed E-state index contributed by atoms with van der Waals surface area (Å²) in [5.74, 6) is 0.776. The first-order valence-corrected chi connectivity index (χ1v) is 9.63. The summed E-state index contributed by atoms with van der Waals surface area (Å²) in [6, 6.07) is 7.84. The predicted octanol–water partition coefficient (Wildman–Crippen LogP) is 2.58. The van der Waals surface area contributed by atoms with Gasteiger partial charge in [-0.05, 0) is 56.9 Å². The Morgan fingerprint density at radius 1 is 1.16 bits per heavy atom. The van der Waals surface area contributed by atoms with Crippen molar-refractivity contribution in [2.45, 2.75) is 63.6 Å². The number of nitrogens with one attached hydrogen (secondary N) is 1. The van der Waals surface area contributed by atoms with Gasteiger partial charge in [0.25, 0.3) is 5.91 Å². The second kappa shape index (κ2) is 8.68. The minimum absolute atomic E-state index is 0.0146. The molecule has 2 unspecified atom stereocenters. The highest BCUT2D eigenvalue weighted by atomic mass is 16.5. The van der Waals surface area contributed by atoms with E-state index < -0.39 is 0 Å². The molecule has 1 heterocycles. The van der Waals surface area contributed by atoms with Crippen LogP contribution in [0.5, 0.6) is 5.75 Å². The Bertz CT molecular complexity index is 553. The van der Waals surface area contributed by atoms with E-state index in [0.717, 1.165) is 50.9 Å².